The number of ether oxygens (including phenoxy) is 1. The second-order valence-electron chi connectivity index (χ2n) is 5.33. The van der Waals surface area contributed by atoms with E-state index in [1.807, 2.05) is 30.3 Å². The van der Waals surface area contributed by atoms with Gasteiger partial charge in [0, 0.05) is 7.05 Å². The van der Waals surface area contributed by atoms with E-state index in [9.17, 15) is 14.7 Å². The lowest BCUT2D eigenvalue weighted by molar-refractivity contribution is -0.150. The summed E-state index contributed by atoms with van der Waals surface area (Å²) in [5.74, 6) is -0.978. The van der Waals surface area contributed by atoms with Crippen molar-refractivity contribution in [3.05, 3.63) is 35.9 Å². The van der Waals surface area contributed by atoms with Gasteiger partial charge >= 0.3 is 12.1 Å². The van der Waals surface area contributed by atoms with E-state index in [0.717, 1.165) is 18.4 Å². The monoisotopic (exact) mass is 277 g/mol. The lowest BCUT2D eigenvalue weighted by Crippen LogP contribution is -2.54. The zero-order valence-electron chi connectivity index (χ0n) is 11.7. The number of carbonyl (C=O) groups is 2. The van der Waals surface area contributed by atoms with Crippen LogP contribution in [0.2, 0.25) is 0 Å². The first kappa shape index (κ1) is 14.4. The van der Waals surface area contributed by atoms with Crippen molar-refractivity contribution in [2.24, 2.45) is 5.92 Å². The molecule has 1 aromatic carbocycles. The van der Waals surface area contributed by atoms with Crippen LogP contribution in [0, 0.1) is 5.92 Å². The van der Waals surface area contributed by atoms with Gasteiger partial charge in [0.1, 0.15) is 12.1 Å². The molecule has 0 aliphatic heterocycles. The molecule has 0 bridgehead atoms. The topological polar surface area (TPSA) is 66.8 Å². The van der Waals surface area contributed by atoms with Crippen LogP contribution in [0.4, 0.5) is 4.79 Å². The van der Waals surface area contributed by atoms with Gasteiger partial charge in [0.05, 0.1) is 0 Å². The molecule has 0 spiro atoms. The van der Waals surface area contributed by atoms with E-state index in [-0.39, 0.29) is 12.5 Å². The third-order valence-corrected chi connectivity index (χ3v) is 3.98. The number of carboxylic acid groups (broad SMARTS) is 1. The molecule has 0 aromatic heterocycles. The van der Waals surface area contributed by atoms with Gasteiger partial charge in [0.2, 0.25) is 0 Å². The van der Waals surface area contributed by atoms with Crippen LogP contribution in [-0.2, 0) is 16.1 Å². The molecule has 5 nitrogen and oxygen atoms in total. The number of aliphatic carboxylic acids is 1. The zero-order valence-corrected chi connectivity index (χ0v) is 11.7. The Morgan fingerprint density at radius 2 is 1.95 bits per heavy atom. The minimum Gasteiger partial charge on any atom is -0.479 e. The average Bonchev–Trinajstić information content (AvgIpc) is 3.28. The fourth-order valence-corrected chi connectivity index (χ4v) is 2.24. The maximum atomic E-state index is 12.0. The second-order valence-corrected chi connectivity index (χ2v) is 5.33. The van der Waals surface area contributed by atoms with Crippen LogP contribution in [0.25, 0.3) is 0 Å². The Balaban J connectivity index is 1.99. The third-order valence-electron chi connectivity index (χ3n) is 3.98. The molecular formula is C15H19NO4. The summed E-state index contributed by atoms with van der Waals surface area (Å²) in [5.41, 5.74) is -0.314. The first-order valence-corrected chi connectivity index (χ1v) is 6.64. The number of carboxylic acids is 1. The SMILES string of the molecule is CN(C(=O)OCc1ccccc1)C(C)(C(=O)O)C1CC1. The van der Waals surface area contributed by atoms with Crippen molar-refractivity contribution in [1.29, 1.82) is 0 Å². The zero-order chi connectivity index (χ0) is 14.8. The van der Waals surface area contributed by atoms with Crippen molar-refractivity contribution >= 4 is 12.1 Å². The number of amides is 1. The molecular weight excluding hydrogens is 258 g/mol. The largest absolute Gasteiger partial charge is 0.479 e. The summed E-state index contributed by atoms with van der Waals surface area (Å²) in [5, 5.41) is 9.40. The highest BCUT2D eigenvalue weighted by Crippen LogP contribution is 2.43. The highest BCUT2D eigenvalue weighted by molar-refractivity contribution is 5.84. The van der Waals surface area contributed by atoms with Crippen LogP contribution >= 0.6 is 0 Å². The van der Waals surface area contributed by atoms with Crippen LogP contribution < -0.4 is 0 Å². The van der Waals surface area contributed by atoms with E-state index in [4.69, 9.17) is 4.74 Å². The van der Waals surface area contributed by atoms with Crippen molar-refractivity contribution < 1.29 is 19.4 Å². The molecule has 1 unspecified atom stereocenters. The van der Waals surface area contributed by atoms with Crippen molar-refractivity contribution in [3.63, 3.8) is 0 Å². The van der Waals surface area contributed by atoms with Crippen LogP contribution in [0.1, 0.15) is 25.3 Å². The summed E-state index contributed by atoms with van der Waals surface area (Å²) in [6.07, 6.45) is 1.06. The van der Waals surface area contributed by atoms with Gasteiger partial charge in [-0.25, -0.2) is 9.59 Å². The van der Waals surface area contributed by atoms with E-state index >= 15 is 0 Å². The number of nitrogens with zero attached hydrogens (tertiary/aromatic N) is 1. The standard InChI is InChI=1S/C15H19NO4/c1-15(13(17)18,12-8-9-12)16(2)14(19)20-10-11-6-4-3-5-7-11/h3-7,12H,8-10H2,1-2H3,(H,17,18). The summed E-state index contributed by atoms with van der Waals surface area (Å²) in [6.45, 7) is 1.72. The lowest BCUT2D eigenvalue weighted by atomic mass is 9.94. The summed E-state index contributed by atoms with van der Waals surface area (Å²) < 4.78 is 5.19. The molecule has 0 saturated heterocycles. The third kappa shape index (κ3) is 2.76. The lowest BCUT2D eigenvalue weighted by Gasteiger charge is -2.34. The van der Waals surface area contributed by atoms with Gasteiger partial charge in [-0.1, -0.05) is 30.3 Å². The van der Waals surface area contributed by atoms with Gasteiger partial charge in [0.15, 0.2) is 0 Å². The predicted octanol–water partition coefficient (Wildman–Crippen LogP) is 2.51. The normalized spacial score (nSPS) is 17.1. The molecule has 0 radical (unpaired) electrons. The number of hydrogen-bond donors (Lipinski definition) is 1. The molecule has 1 N–H and O–H groups in total. The average molecular weight is 277 g/mol. The van der Waals surface area contributed by atoms with Crippen molar-refractivity contribution in [1.82, 2.24) is 4.90 Å². The van der Waals surface area contributed by atoms with Gasteiger partial charge < -0.3 is 9.84 Å². The van der Waals surface area contributed by atoms with Crippen LogP contribution in [0.5, 0.6) is 0 Å². The number of carbonyl (C=O) groups excluding carboxylic acids is 1. The molecule has 108 valence electrons. The van der Waals surface area contributed by atoms with E-state index in [1.165, 1.54) is 11.9 Å². The van der Waals surface area contributed by atoms with Gasteiger partial charge in [-0.2, -0.15) is 0 Å². The smallest absolute Gasteiger partial charge is 0.410 e. The molecule has 2 rings (SSSR count). The summed E-state index contributed by atoms with van der Waals surface area (Å²) >= 11 is 0. The Hall–Kier alpha value is -2.04. The van der Waals surface area contributed by atoms with Crippen molar-refractivity contribution in [2.75, 3.05) is 7.05 Å². The Morgan fingerprint density at radius 3 is 2.45 bits per heavy atom. The summed E-state index contributed by atoms with van der Waals surface area (Å²) in [4.78, 5) is 24.7. The Kier molecular flexibility index (Phi) is 3.97. The molecule has 5 heteroatoms. The number of rotatable bonds is 5. The number of benzene rings is 1. The number of hydrogen-bond acceptors (Lipinski definition) is 3. The number of likely N-dealkylation sites (N-methyl/N-ethyl adjacent to an activating group) is 1. The minimum atomic E-state index is -1.19. The van der Waals surface area contributed by atoms with Gasteiger partial charge in [0.25, 0.3) is 0 Å². The maximum Gasteiger partial charge on any atom is 0.410 e. The molecule has 1 amide bonds. The Labute approximate surface area is 118 Å². The highest BCUT2D eigenvalue weighted by atomic mass is 16.6. The van der Waals surface area contributed by atoms with Gasteiger partial charge in [-0.05, 0) is 31.2 Å². The first-order chi connectivity index (χ1) is 9.46. The Morgan fingerprint density at radius 1 is 1.35 bits per heavy atom. The first-order valence-electron chi connectivity index (χ1n) is 6.64. The molecule has 20 heavy (non-hydrogen) atoms. The molecule has 1 aromatic rings. The van der Waals surface area contributed by atoms with E-state index in [0.29, 0.717) is 0 Å². The van der Waals surface area contributed by atoms with Crippen LogP contribution in [-0.4, -0.2) is 34.7 Å². The summed E-state index contributed by atoms with van der Waals surface area (Å²) in [6, 6.07) is 9.30. The fourth-order valence-electron chi connectivity index (χ4n) is 2.24. The summed E-state index contributed by atoms with van der Waals surface area (Å²) in [7, 11) is 1.49. The van der Waals surface area contributed by atoms with Gasteiger partial charge in [-0.15, -0.1) is 0 Å². The predicted molar refractivity (Wildman–Crippen MR) is 73.2 cm³/mol. The van der Waals surface area contributed by atoms with Crippen LogP contribution in [0.3, 0.4) is 0 Å². The van der Waals surface area contributed by atoms with Crippen LogP contribution in [0.15, 0.2) is 30.3 Å². The Bertz CT molecular complexity index is 498. The molecule has 1 aliphatic rings. The quantitative estimate of drug-likeness (QED) is 0.898. The van der Waals surface area contributed by atoms with Crippen molar-refractivity contribution in [3.8, 4) is 0 Å². The molecule has 1 fully saturated rings. The molecule has 1 aliphatic carbocycles. The maximum absolute atomic E-state index is 12.0. The molecule has 0 heterocycles. The van der Waals surface area contributed by atoms with E-state index in [1.54, 1.807) is 6.92 Å². The molecule has 1 saturated carbocycles. The fraction of sp³-hybridized carbons (Fsp3) is 0.467. The van der Waals surface area contributed by atoms with E-state index < -0.39 is 17.6 Å². The minimum absolute atomic E-state index is 0.00859. The molecule has 1 atom stereocenters. The van der Waals surface area contributed by atoms with Gasteiger partial charge in [-0.3, -0.25) is 4.90 Å². The van der Waals surface area contributed by atoms with Crippen molar-refractivity contribution in [2.45, 2.75) is 31.9 Å². The highest BCUT2D eigenvalue weighted by Gasteiger charge is 2.52. The second kappa shape index (κ2) is 5.53. The van der Waals surface area contributed by atoms with E-state index in [2.05, 4.69) is 0 Å².